The minimum Gasteiger partial charge on any atom is -0.330 e. The second-order valence-corrected chi connectivity index (χ2v) is 11.7. The van der Waals surface area contributed by atoms with Gasteiger partial charge in [-0.15, -0.1) is 11.3 Å². The van der Waals surface area contributed by atoms with Crippen LogP contribution in [-0.2, 0) is 16.6 Å². The molecule has 8 heteroatoms. The molecular formula is C29H33N3O4S. The largest absolute Gasteiger partial charge is 0.330 e. The molecule has 1 unspecified atom stereocenters. The highest BCUT2D eigenvalue weighted by atomic mass is 32.1. The number of rotatable bonds is 6. The number of non-ortho nitro benzene ring substituents is 1. The van der Waals surface area contributed by atoms with Gasteiger partial charge in [0.05, 0.1) is 11.0 Å². The lowest BCUT2D eigenvalue weighted by molar-refractivity contribution is -0.384. The van der Waals surface area contributed by atoms with Crippen molar-refractivity contribution in [3.05, 3.63) is 97.2 Å². The number of hydrogen-bond acceptors (Lipinski definition) is 5. The first-order valence-electron chi connectivity index (χ1n) is 12.5. The Morgan fingerprint density at radius 2 is 1.84 bits per heavy atom. The zero-order valence-corrected chi connectivity index (χ0v) is 22.7. The van der Waals surface area contributed by atoms with E-state index in [9.17, 15) is 19.7 Å². The summed E-state index contributed by atoms with van der Waals surface area (Å²) in [6.45, 7) is 10.7. The van der Waals surface area contributed by atoms with E-state index in [0.29, 0.717) is 6.54 Å². The van der Waals surface area contributed by atoms with Crippen LogP contribution in [0.15, 0.2) is 60.0 Å². The number of amides is 2. The Hall–Kier alpha value is -3.52. The van der Waals surface area contributed by atoms with Crippen LogP contribution >= 0.6 is 11.3 Å². The summed E-state index contributed by atoms with van der Waals surface area (Å²) < 4.78 is 0. The van der Waals surface area contributed by atoms with Gasteiger partial charge in [-0.2, -0.15) is 0 Å². The number of nitrogens with zero attached hydrogens (tertiary/aromatic N) is 3. The number of nitro benzene ring substituents is 1. The van der Waals surface area contributed by atoms with Gasteiger partial charge in [0.25, 0.3) is 11.6 Å². The highest BCUT2D eigenvalue weighted by Gasteiger charge is 2.35. The summed E-state index contributed by atoms with van der Waals surface area (Å²) in [6, 6.07) is 15.7. The van der Waals surface area contributed by atoms with Crippen molar-refractivity contribution in [2.75, 3.05) is 13.1 Å². The second kappa shape index (κ2) is 10.5. The van der Waals surface area contributed by atoms with Crippen LogP contribution in [0, 0.1) is 10.1 Å². The smallest absolute Gasteiger partial charge is 0.270 e. The summed E-state index contributed by atoms with van der Waals surface area (Å²) in [5.74, 6) is -0.541. The summed E-state index contributed by atoms with van der Waals surface area (Å²) in [5.41, 5.74) is 3.48. The van der Waals surface area contributed by atoms with Crippen LogP contribution in [0.5, 0.6) is 0 Å². The Morgan fingerprint density at radius 3 is 2.46 bits per heavy atom. The standard InChI is InChI=1S/C29H33N3O4S/c1-19(2)31(28(34)21-7-6-8-23(17-21)32(35)36)18-26(33)30-15-13-25-24(14-16-37-25)27(30)20-9-11-22(12-10-20)29(3,4)5/h6-12,14,16-17,19,27H,13,15,18H2,1-5H3. The maximum atomic E-state index is 13.8. The molecule has 7 nitrogen and oxygen atoms in total. The first kappa shape index (κ1) is 26.5. The molecule has 4 rings (SSSR count). The molecule has 3 aromatic rings. The fourth-order valence-corrected chi connectivity index (χ4v) is 5.66. The van der Waals surface area contributed by atoms with E-state index in [-0.39, 0.29) is 41.2 Å². The van der Waals surface area contributed by atoms with Crippen molar-refractivity contribution in [2.45, 2.75) is 58.5 Å². The van der Waals surface area contributed by atoms with E-state index in [1.807, 2.05) is 18.7 Å². The maximum absolute atomic E-state index is 13.8. The first-order valence-corrected chi connectivity index (χ1v) is 13.4. The summed E-state index contributed by atoms with van der Waals surface area (Å²) in [6.07, 6.45) is 0.774. The highest BCUT2D eigenvalue weighted by molar-refractivity contribution is 7.10. The van der Waals surface area contributed by atoms with Gasteiger partial charge in [0, 0.05) is 35.2 Å². The van der Waals surface area contributed by atoms with E-state index >= 15 is 0 Å². The van der Waals surface area contributed by atoms with Crippen molar-refractivity contribution in [1.29, 1.82) is 0 Å². The minimum absolute atomic E-state index is 0.0266. The van der Waals surface area contributed by atoms with Crippen LogP contribution < -0.4 is 0 Å². The Bertz CT molecular complexity index is 1310. The molecule has 0 spiro atoms. The molecule has 1 aliphatic heterocycles. The lowest BCUT2D eigenvalue weighted by atomic mass is 9.85. The quantitative estimate of drug-likeness (QED) is 0.296. The maximum Gasteiger partial charge on any atom is 0.270 e. The van der Waals surface area contributed by atoms with Crippen molar-refractivity contribution in [1.82, 2.24) is 9.80 Å². The number of hydrogen-bond donors (Lipinski definition) is 0. The molecule has 0 aliphatic carbocycles. The van der Waals surface area contributed by atoms with Crippen molar-refractivity contribution in [3.8, 4) is 0 Å². The topological polar surface area (TPSA) is 83.8 Å². The van der Waals surface area contributed by atoms with Crippen LogP contribution in [0.25, 0.3) is 0 Å². The molecule has 1 atom stereocenters. The minimum atomic E-state index is -0.524. The predicted molar refractivity (Wildman–Crippen MR) is 146 cm³/mol. The van der Waals surface area contributed by atoms with Crippen LogP contribution in [-0.4, -0.2) is 45.7 Å². The summed E-state index contributed by atoms with van der Waals surface area (Å²) >= 11 is 1.71. The predicted octanol–water partition coefficient (Wildman–Crippen LogP) is 5.98. The fourth-order valence-electron chi connectivity index (χ4n) is 4.75. The monoisotopic (exact) mass is 519 g/mol. The third kappa shape index (κ3) is 5.59. The van der Waals surface area contributed by atoms with Gasteiger partial charge in [0.2, 0.25) is 5.91 Å². The van der Waals surface area contributed by atoms with Crippen LogP contribution in [0.4, 0.5) is 5.69 Å². The fraction of sp³-hybridized carbons (Fsp3) is 0.379. The highest BCUT2D eigenvalue weighted by Crippen LogP contribution is 2.38. The Labute approximate surface area is 221 Å². The average molecular weight is 520 g/mol. The molecule has 1 aromatic heterocycles. The Kier molecular flexibility index (Phi) is 7.50. The van der Waals surface area contributed by atoms with Gasteiger partial charge in [0.15, 0.2) is 0 Å². The lowest BCUT2D eigenvalue weighted by Crippen LogP contribution is -2.48. The zero-order chi connectivity index (χ0) is 26.9. The van der Waals surface area contributed by atoms with Crippen LogP contribution in [0.3, 0.4) is 0 Å². The van der Waals surface area contributed by atoms with E-state index in [1.165, 1.54) is 33.5 Å². The molecule has 2 heterocycles. The zero-order valence-electron chi connectivity index (χ0n) is 21.9. The van der Waals surface area contributed by atoms with Gasteiger partial charge in [0.1, 0.15) is 6.54 Å². The number of thiophene rings is 1. The average Bonchev–Trinajstić information content (AvgIpc) is 3.34. The third-order valence-electron chi connectivity index (χ3n) is 6.87. The molecule has 1 aliphatic rings. The van der Waals surface area contributed by atoms with E-state index < -0.39 is 10.8 Å². The number of nitro groups is 1. The molecule has 0 N–H and O–H groups in total. The van der Waals surface area contributed by atoms with Crippen molar-refractivity contribution in [3.63, 3.8) is 0 Å². The summed E-state index contributed by atoms with van der Waals surface area (Å²) in [5, 5.41) is 13.3. The molecule has 0 radical (unpaired) electrons. The summed E-state index contributed by atoms with van der Waals surface area (Å²) in [4.78, 5) is 42.5. The van der Waals surface area contributed by atoms with Gasteiger partial charge in [-0.25, -0.2) is 0 Å². The molecule has 37 heavy (non-hydrogen) atoms. The normalized spacial score (nSPS) is 15.4. The molecule has 0 bridgehead atoms. The van der Waals surface area contributed by atoms with Gasteiger partial charge in [-0.1, -0.05) is 51.1 Å². The number of carbonyl (C=O) groups is 2. The van der Waals surface area contributed by atoms with Gasteiger partial charge in [-0.05, 0) is 59.9 Å². The van der Waals surface area contributed by atoms with Crippen molar-refractivity contribution >= 4 is 28.8 Å². The third-order valence-corrected chi connectivity index (χ3v) is 7.87. The SMILES string of the molecule is CC(C)N(CC(=O)N1CCc2sccc2C1c1ccc(C(C)(C)C)cc1)C(=O)c1cccc([N+](=O)[O-])c1. The molecule has 0 saturated heterocycles. The first-order chi connectivity index (χ1) is 17.5. The van der Waals surface area contributed by atoms with Crippen LogP contribution in [0.1, 0.15) is 72.6 Å². The second-order valence-electron chi connectivity index (χ2n) is 10.7. The van der Waals surface area contributed by atoms with E-state index in [0.717, 1.165) is 17.5 Å². The van der Waals surface area contributed by atoms with Crippen LogP contribution in [0.2, 0.25) is 0 Å². The number of carbonyl (C=O) groups excluding carboxylic acids is 2. The summed E-state index contributed by atoms with van der Waals surface area (Å²) in [7, 11) is 0. The lowest BCUT2D eigenvalue weighted by Gasteiger charge is -2.38. The Balaban J connectivity index is 1.63. The van der Waals surface area contributed by atoms with Crippen molar-refractivity contribution < 1.29 is 14.5 Å². The van der Waals surface area contributed by atoms with E-state index in [2.05, 4.69) is 56.5 Å². The number of benzene rings is 2. The van der Waals surface area contributed by atoms with Gasteiger partial charge >= 0.3 is 0 Å². The van der Waals surface area contributed by atoms with Gasteiger partial charge in [-0.3, -0.25) is 19.7 Å². The molecule has 2 amide bonds. The van der Waals surface area contributed by atoms with E-state index in [4.69, 9.17) is 0 Å². The van der Waals surface area contributed by atoms with Gasteiger partial charge < -0.3 is 9.80 Å². The molecule has 0 fully saturated rings. The molecule has 2 aromatic carbocycles. The van der Waals surface area contributed by atoms with Crippen molar-refractivity contribution in [2.24, 2.45) is 0 Å². The Morgan fingerprint density at radius 1 is 1.14 bits per heavy atom. The molecule has 0 saturated carbocycles. The molecular weight excluding hydrogens is 486 g/mol. The number of fused-ring (bicyclic) bond motifs is 1. The van der Waals surface area contributed by atoms with E-state index in [1.54, 1.807) is 17.4 Å². The molecule has 194 valence electrons.